The Morgan fingerprint density at radius 3 is 3.07 bits per heavy atom. The Balaban J connectivity index is 2.19. The molecule has 0 radical (unpaired) electrons. The lowest BCUT2D eigenvalue weighted by molar-refractivity contribution is 0.963. The molecule has 1 unspecified atom stereocenters. The van der Waals surface area contributed by atoms with Crippen molar-refractivity contribution in [2.75, 3.05) is 0 Å². The maximum absolute atomic E-state index is 3.31. The normalized spacial score (nSPS) is 22.6. The number of allylic oxidation sites excluding steroid dienone is 7. The van der Waals surface area contributed by atoms with E-state index in [1.54, 1.807) is 0 Å². The molecule has 68 valence electrons. The number of hydrogen-bond acceptors (Lipinski definition) is 0. The highest BCUT2D eigenvalue weighted by Crippen LogP contribution is 2.34. The van der Waals surface area contributed by atoms with Crippen LogP contribution >= 0.6 is 0 Å². The minimum absolute atomic E-state index is 0.403. The van der Waals surface area contributed by atoms with E-state index < -0.39 is 0 Å². The Kier molecular flexibility index (Phi) is 1.57. The van der Waals surface area contributed by atoms with Crippen LogP contribution in [0.5, 0.6) is 0 Å². The molecule has 0 fully saturated rings. The second-order valence-corrected chi connectivity index (χ2v) is 3.59. The zero-order chi connectivity index (χ0) is 9.38. The van der Waals surface area contributed by atoms with E-state index in [-0.39, 0.29) is 0 Å². The Labute approximate surface area is 83.2 Å². The highest BCUT2D eigenvalue weighted by Gasteiger charge is 2.19. The monoisotopic (exact) mass is 181 g/mol. The van der Waals surface area contributed by atoms with E-state index in [0.29, 0.717) is 5.92 Å². The summed E-state index contributed by atoms with van der Waals surface area (Å²) in [4.78, 5) is 3.31. The lowest BCUT2D eigenvalue weighted by atomic mass is 9.88. The molecular weight excluding hydrogens is 170 g/mol. The third kappa shape index (κ3) is 1.02. The fraction of sp³-hybridized carbons (Fsp3) is 0.0769. The SMILES string of the molecule is C1=CC=C2C=Cc3cc[nH]c3C2C=C1. The van der Waals surface area contributed by atoms with Gasteiger partial charge in [-0.3, -0.25) is 0 Å². The third-order valence-electron chi connectivity index (χ3n) is 2.75. The van der Waals surface area contributed by atoms with Crippen molar-refractivity contribution in [1.82, 2.24) is 4.98 Å². The number of aromatic nitrogens is 1. The first-order valence-corrected chi connectivity index (χ1v) is 4.85. The van der Waals surface area contributed by atoms with E-state index in [9.17, 15) is 0 Å². The Morgan fingerprint density at radius 1 is 1.07 bits per heavy atom. The number of rotatable bonds is 0. The maximum Gasteiger partial charge on any atom is 0.0429 e. The molecule has 2 aliphatic rings. The predicted molar refractivity (Wildman–Crippen MR) is 58.9 cm³/mol. The van der Waals surface area contributed by atoms with Crippen LogP contribution in [0, 0.1) is 0 Å². The molecule has 14 heavy (non-hydrogen) atoms. The Bertz CT molecular complexity index is 469. The molecule has 2 aliphatic carbocycles. The van der Waals surface area contributed by atoms with Crippen LogP contribution in [-0.4, -0.2) is 4.98 Å². The van der Waals surface area contributed by atoms with Crippen LogP contribution in [0.2, 0.25) is 0 Å². The summed E-state index contributed by atoms with van der Waals surface area (Å²) in [6, 6.07) is 2.12. The molecule has 0 amide bonds. The van der Waals surface area contributed by atoms with Crippen molar-refractivity contribution in [2.45, 2.75) is 5.92 Å². The van der Waals surface area contributed by atoms with Gasteiger partial charge in [-0.1, -0.05) is 42.5 Å². The van der Waals surface area contributed by atoms with Crippen LogP contribution in [-0.2, 0) is 0 Å². The van der Waals surface area contributed by atoms with Gasteiger partial charge in [-0.25, -0.2) is 0 Å². The van der Waals surface area contributed by atoms with E-state index in [4.69, 9.17) is 0 Å². The van der Waals surface area contributed by atoms with Crippen molar-refractivity contribution in [3.63, 3.8) is 0 Å². The number of fused-ring (bicyclic) bond motifs is 3. The molecular formula is C13H11N. The average Bonchev–Trinajstić information content (AvgIpc) is 2.55. The zero-order valence-corrected chi connectivity index (χ0v) is 7.77. The van der Waals surface area contributed by atoms with Gasteiger partial charge in [0.15, 0.2) is 0 Å². The van der Waals surface area contributed by atoms with Crippen LogP contribution < -0.4 is 0 Å². The molecule has 0 aromatic carbocycles. The maximum atomic E-state index is 3.31. The molecule has 1 atom stereocenters. The molecule has 1 heterocycles. The third-order valence-corrected chi connectivity index (χ3v) is 2.75. The van der Waals surface area contributed by atoms with E-state index >= 15 is 0 Å². The van der Waals surface area contributed by atoms with Gasteiger partial charge in [0, 0.05) is 17.8 Å². The van der Waals surface area contributed by atoms with Gasteiger partial charge >= 0.3 is 0 Å². The summed E-state index contributed by atoms with van der Waals surface area (Å²) in [5.41, 5.74) is 3.96. The molecule has 1 aromatic rings. The zero-order valence-electron chi connectivity index (χ0n) is 7.77. The van der Waals surface area contributed by atoms with Crippen molar-refractivity contribution in [1.29, 1.82) is 0 Å². The molecule has 1 aromatic heterocycles. The van der Waals surface area contributed by atoms with Gasteiger partial charge in [0.25, 0.3) is 0 Å². The van der Waals surface area contributed by atoms with Crippen molar-refractivity contribution in [3.05, 3.63) is 65.5 Å². The van der Waals surface area contributed by atoms with Crippen LogP contribution in [0.1, 0.15) is 17.2 Å². The molecule has 1 N–H and O–H groups in total. The largest absolute Gasteiger partial charge is 0.364 e. The molecule has 1 nitrogen and oxygen atoms in total. The Hall–Kier alpha value is -1.76. The molecule has 3 rings (SSSR count). The summed E-state index contributed by atoms with van der Waals surface area (Å²) in [5, 5.41) is 0. The minimum atomic E-state index is 0.403. The smallest absolute Gasteiger partial charge is 0.0429 e. The van der Waals surface area contributed by atoms with E-state index in [1.165, 1.54) is 16.8 Å². The second-order valence-electron chi connectivity index (χ2n) is 3.59. The van der Waals surface area contributed by atoms with Crippen molar-refractivity contribution in [2.24, 2.45) is 0 Å². The summed E-state index contributed by atoms with van der Waals surface area (Å²) in [5.74, 6) is 0.403. The van der Waals surface area contributed by atoms with Gasteiger partial charge in [0.1, 0.15) is 0 Å². The topological polar surface area (TPSA) is 15.8 Å². The average molecular weight is 181 g/mol. The molecule has 0 aliphatic heterocycles. The van der Waals surface area contributed by atoms with Crippen molar-refractivity contribution >= 4 is 6.08 Å². The molecule has 0 saturated heterocycles. The first kappa shape index (κ1) is 7.63. The summed E-state index contributed by atoms with van der Waals surface area (Å²) < 4.78 is 0. The summed E-state index contributed by atoms with van der Waals surface area (Å²) in [6.45, 7) is 0. The van der Waals surface area contributed by atoms with Gasteiger partial charge in [-0.2, -0.15) is 0 Å². The Morgan fingerprint density at radius 2 is 2.07 bits per heavy atom. The highest BCUT2D eigenvalue weighted by atomic mass is 14.7. The van der Waals surface area contributed by atoms with E-state index in [2.05, 4.69) is 53.6 Å². The number of nitrogens with one attached hydrogen (secondary N) is 1. The van der Waals surface area contributed by atoms with Crippen LogP contribution in [0.15, 0.2) is 54.3 Å². The van der Waals surface area contributed by atoms with Crippen molar-refractivity contribution in [3.8, 4) is 0 Å². The standard InChI is InChI=1S/C13H11N/c1-2-4-10-6-7-11-8-9-14-13(11)12(10)5-3-1/h1-9,12,14H. The lowest BCUT2D eigenvalue weighted by Gasteiger charge is -2.17. The quantitative estimate of drug-likeness (QED) is 0.632. The first-order valence-electron chi connectivity index (χ1n) is 4.85. The first-order chi connectivity index (χ1) is 6.95. The van der Waals surface area contributed by atoms with Crippen LogP contribution in [0.4, 0.5) is 0 Å². The second kappa shape index (κ2) is 2.88. The number of H-pyrrole nitrogens is 1. The fourth-order valence-electron chi connectivity index (χ4n) is 2.04. The van der Waals surface area contributed by atoms with Gasteiger partial charge in [0.05, 0.1) is 0 Å². The van der Waals surface area contributed by atoms with Gasteiger partial charge in [0.2, 0.25) is 0 Å². The molecule has 0 spiro atoms. The van der Waals surface area contributed by atoms with E-state index in [1.807, 2.05) is 6.20 Å². The molecule has 1 heteroatoms. The van der Waals surface area contributed by atoms with Crippen molar-refractivity contribution < 1.29 is 0 Å². The molecule has 0 saturated carbocycles. The van der Waals surface area contributed by atoms with Gasteiger partial charge in [-0.15, -0.1) is 0 Å². The summed E-state index contributed by atoms with van der Waals surface area (Å²) >= 11 is 0. The summed E-state index contributed by atoms with van der Waals surface area (Å²) in [7, 11) is 0. The highest BCUT2D eigenvalue weighted by molar-refractivity contribution is 5.64. The van der Waals surface area contributed by atoms with Crippen LogP contribution in [0.3, 0.4) is 0 Å². The number of aromatic amines is 1. The fourth-order valence-corrected chi connectivity index (χ4v) is 2.04. The van der Waals surface area contributed by atoms with E-state index in [0.717, 1.165) is 0 Å². The van der Waals surface area contributed by atoms with Gasteiger partial charge < -0.3 is 4.98 Å². The van der Waals surface area contributed by atoms with Gasteiger partial charge in [-0.05, 0) is 17.2 Å². The number of hydrogen-bond donors (Lipinski definition) is 1. The minimum Gasteiger partial charge on any atom is -0.364 e. The van der Waals surface area contributed by atoms with Crippen LogP contribution in [0.25, 0.3) is 6.08 Å². The lowest BCUT2D eigenvalue weighted by Crippen LogP contribution is -2.03. The summed E-state index contributed by atoms with van der Waals surface area (Å²) in [6.07, 6.45) is 17.0. The molecule has 0 bridgehead atoms. The predicted octanol–water partition coefficient (Wildman–Crippen LogP) is 3.18.